The third-order valence-corrected chi connectivity index (χ3v) is 6.10. The Morgan fingerprint density at radius 3 is 2.92 bits per heavy atom. The first-order chi connectivity index (χ1) is 12.8. The Balaban J connectivity index is 1.42. The number of nitrogens with zero attached hydrogens (tertiary/aromatic N) is 3. The largest absolute Gasteiger partial charge is 0.312 e. The van der Waals surface area contributed by atoms with Crippen LogP contribution in [0.25, 0.3) is 0 Å². The number of thioether (sulfide) groups is 1. The summed E-state index contributed by atoms with van der Waals surface area (Å²) in [5, 5.41) is 10.2. The molecule has 0 saturated carbocycles. The van der Waals surface area contributed by atoms with Gasteiger partial charge in [0.15, 0.2) is 0 Å². The van der Waals surface area contributed by atoms with Crippen molar-refractivity contribution in [3.63, 3.8) is 0 Å². The van der Waals surface area contributed by atoms with Gasteiger partial charge in [0.2, 0.25) is 5.91 Å². The van der Waals surface area contributed by atoms with Crippen LogP contribution in [0.4, 0.5) is 5.69 Å². The number of carbonyl (C=O) groups is 1. The Bertz CT molecular complexity index is 887. The summed E-state index contributed by atoms with van der Waals surface area (Å²) in [5.74, 6) is 0.808. The van der Waals surface area contributed by atoms with E-state index in [0.29, 0.717) is 17.7 Å². The molecule has 2 aromatic rings. The predicted octanol–water partition coefficient (Wildman–Crippen LogP) is 3.90. The molecule has 0 saturated heterocycles. The van der Waals surface area contributed by atoms with Gasteiger partial charge in [0.05, 0.1) is 5.56 Å². The molecular weight excluding hydrogens is 342 g/mol. The molecule has 26 heavy (non-hydrogen) atoms. The quantitative estimate of drug-likeness (QED) is 0.773. The average molecular weight is 363 g/mol. The summed E-state index contributed by atoms with van der Waals surface area (Å²) in [6.07, 6.45) is 5.66. The number of hydrogen-bond acceptors (Lipinski definition) is 4. The number of amides is 1. The van der Waals surface area contributed by atoms with Crippen LogP contribution in [-0.2, 0) is 24.1 Å². The van der Waals surface area contributed by atoms with Gasteiger partial charge in [-0.05, 0) is 55.4 Å². The highest BCUT2D eigenvalue weighted by Gasteiger charge is 2.22. The maximum Gasteiger partial charge on any atom is 0.227 e. The van der Waals surface area contributed by atoms with Crippen molar-refractivity contribution in [2.45, 2.75) is 43.6 Å². The van der Waals surface area contributed by atoms with Gasteiger partial charge in [0.25, 0.3) is 0 Å². The molecule has 0 spiro atoms. The third kappa shape index (κ3) is 3.34. The lowest BCUT2D eigenvalue weighted by molar-refractivity contribution is -0.118. The maximum atomic E-state index is 12.7. The van der Waals surface area contributed by atoms with Gasteiger partial charge in [-0.25, -0.2) is 4.98 Å². The SMILES string of the molecule is N#Cc1cc2c(nc1SCCC(=O)N1CCCc3ccccc31)CCC2. The first kappa shape index (κ1) is 17.1. The van der Waals surface area contributed by atoms with Crippen LogP contribution in [0.1, 0.15) is 41.6 Å². The Kier molecular flexibility index (Phi) is 4.94. The Morgan fingerprint density at radius 1 is 1.19 bits per heavy atom. The molecule has 0 unspecified atom stereocenters. The number of benzene rings is 1. The number of rotatable bonds is 4. The fourth-order valence-corrected chi connectivity index (χ4v) is 4.71. The molecule has 0 bridgehead atoms. The molecule has 2 heterocycles. The van der Waals surface area contributed by atoms with Gasteiger partial charge in [-0.2, -0.15) is 5.26 Å². The molecule has 0 fully saturated rings. The first-order valence-electron chi connectivity index (χ1n) is 9.20. The number of pyridine rings is 1. The number of aryl methyl sites for hydroxylation is 3. The maximum absolute atomic E-state index is 12.7. The van der Waals surface area contributed by atoms with Gasteiger partial charge in [-0.3, -0.25) is 4.79 Å². The standard InChI is InChI=1S/C21H21N3OS/c22-14-17-13-16-6-3-8-18(16)23-21(17)26-12-10-20(25)24-11-4-7-15-5-1-2-9-19(15)24/h1-2,5,9,13H,3-4,6-8,10-12H2. The fourth-order valence-electron chi connectivity index (χ4n) is 3.81. The van der Waals surface area contributed by atoms with E-state index in [9.17, 15) is 10.1 Å². The van der Waals surface area contributed by atoms with Crippen LogP contribution in [0.2, 0.25) is 0 Å². The molecule has 4 nitrogen and oxygen atoms in total. The number of para-hydroxylation sites is 1. The van der Waals surface area contributed by atoms with Crippen LogP contribution < -0.4 is 4.90 Å². The van der Waals surface area contributed by atoms with Crippen molar-refractivity contribution in [2.75, 3.05) is 17.2 Å². The summed E-state index contributed by atoms with van der Waals surface area (Å²) in [6, 6.07) is 12.4. The molecule has 1 aliphatic carbocycles. The van der Waals surface area contributed by atoms with E-state index in [4.69, 9.17) is 0 Å². The van der Waals surface area contributed by atoms with Crippen molar-refractivity contribution in [1.29, 1.82) is 5.26 Å². The lowest BCUT2D eigenvalue weighted by Gasteiger charge is -2.29. The zero-order valence-electron chi connectivity index (χ0n) is 14.7. The van der Waals surface area contributed by atoms with Gasteiger partial charge in [0, 0.05) is 30.1 Å². The molecule has 132 valence electrons. The number of hydrogen-bond donors (Lipinski definition) is 0. The van der Waals surface area contributed by atoms with E-state index in [2.05, 4.69) is 17.1 Å². The second-order valence-electron chi connectivity index (χ2n) is 6.79. The monoisotopic (exact) mass is 363 g/mol. The molecule has 1 amide bonds. The Morgan fingerprint density at radius 2 is 2.04 bits per heavy atom. The predicted molar refractivity (Wildman–Crippen MR) is 103 cm³/mol. The molecule has 4 rings (SSSR count). The molecule has 0 atom stereocenters. The van der Waals surface area contributed by atoms with Gasteiger partial charge in [-0.1, -0.05) is 18.2 Å². The zero-order chi connectivity index (χ0) is 17.9. The smallest absolute Gasteiger partial charge is 0.227 e. The minimum absolute atomic E-state index is 0.157. The van der Waals surface area contributed by atoms with E-state index < -0.39 is 0 Å². The number of aromatic nitrogens is 1. The zero-order valence-corrected chi connectivity index (χ0v) is 15.5. The topological polar surface area (TPSA) is 57.0 Å². The van der Waals surface area contributed by atoms with Crippen molar-refractivity contribution in [2.24, 2.45) is 0 Å². The van der Waals surface area contributed by atoms with Crippen LogP contribution in [0.15, 0.2) is 35.4 Å². The van der Waals surface area contributed by atoms with E-state index in [1.54, 1.807) is 0 Å². The first-order valence-corrected chi connectivity index (χ1v) is 10.2. The summed E-state index contributed by atoms with van der Waals surface area (Å²) in [6.45, 7) is 0.793. The van der Waals surface area contributed by atoms with Gasteiger partial charge < -0.3 is 4.90 Å². The number of anilines is 1. The summed E-state index contributed by atoms with van der Waals surface area (Å²) in [5.41, 5.74) is 5.30. The molecule has 1 aromatic heterocycles. The summed E-state index contributed by atoms with van der Waals surface area (Å²) in [4.78, 5) is 19.3. The van der Waals surface area contributed by atoms with Crippen LogP contribution in [0, 0.1) is 11.3 Å². The van der Waals surface area contributed by atoms with E-state index in [1.807, 2.05) is 29.2 Å². The van der Waals surface area contributed by atoms with Crippen molar-refractivity contribution < 1.29 is 4.79 Å². The Hall–Kier alpha value is -2.32. The van der Waals surface area contributed by atoms with Crippen LogP contribution in [0.5, 0.6) is 0 Å². The van der Waals surface area contributed by atoms with E-state index in [-0.39, 0.29) is 5.91 Å². The normalized spacial score (nSPS) is 15.3. The highest BCUT2D eigenvalue weighted by Crippen LogP contribution is 2.30. The highest BCUT2D eigenvalue weighted by molar-refractivity contribution is 7.99. The molecule has 2 aliphatic rings. The molecule has 0 radical (unpaired) electrons. The highest BCUT2D eigenvalue weighted by atomic mass is 32.2. The van der Waals surface area contributed by atoms with Crippen molar-refractivity contribution >= 4 is 23.4 Å². The molecule has 5 heteroatoms. The van der Waals surface area contributed by atoms with E-state index in [0.717, 1.165) is 55.1 Å². The lowest BCUT2D eigenvalue weighted by atomic mass is 10.0. The van der Waals surface area contributed by atoms with Gasteiger partial charge >= 0.3 is 0 Å². The van der Waals surface area contributed by atoms with Gasteiger partial charge in [0.1, 0.15) is 11.1 Å². The molecule has 1 aromatic carbocycles. The van der Waals surface area contributed by atoms with Gasteiger partial charge in [-0.15, -0.1) is 11.8 Å². The second-order valence-corrected chi connectivity index (χ2v) is 7.87. The second kappa shape index (κ2) is 7.51. The molecular formula is C21H21N3OS. The minimum atomic E-state index is 0.157. The number of nitriles is 1. The van der Waals surface area contributed by atoms with E-state index in [1.165, 1.54) is 22.9 Å². The summed E-state index contributed by atoms with van der Waals surface area (Å²) < 4.78 is 0. The summed E-state index contributed by atoms with van der Waals surface area (Å²) in [7, 11) is 0. The summed E-state index contributed by atoms with van der Waals surface area (Å²) >= 11 is 1.53. The molecule has 0 N–H and O–H groups in total. The number of fused-ring (bicyclic) bond motifs is 2. The third-order valence-electron chi connectivity index (χ3n) is 5.10. The Labute approximate surface area is 158 Å². The van der Waals surface area contributed by atoms with E-state index >= 15 is 0 Å². The fraction of sp³-hybridized carbons (Fsp3) is 0.381. The number of carbonyl (C=O) groups excluding carboxylic acids is 1. The van der Waals surface area contributed by atoms with Crippen molar-refractivity contribution in [3.05, 3.63) is 52.7 Å². The van der Waals surface area contributed by atoms with Crippen molar-refractivity contribution in [3.8, 4) is 6.07 Å². The molecule has 1 aliphatic heterocycles. The van der Waals surface area contributed by atoms with Crippen molar-refractivity contribution in [1.82, 2.24) is 4.98 Å². The average Bonchev–Trinajstić information content (AvgIpc) is 3.14. The minimum Gasteiger partial charge on any atom is -0.312 e. The van der Waals surface area contributed by atoms with Crippen LogP contribution in [-0.4, -0.2) is 23.2 Å². The lowest BCUT2D eigenvalue weighted by Crippen LogP contribution is -2.35. The van der Waals surface area contributed by atoms with Crippen LogP contribution >= 0.6 is 11.8 Å². The van der Waals surface area contributed by atoms with Crippen LogP contribution in [0.3, 0.4) is 0 Å².